The Morgan fingerprint density at radius 1 is 1.28 bits per heavy atom. The monoisotopic (exact) mass is 439 g/mol. The second-order valence-electron chi connectivity index (χ2n) is 7.76. The number of rotatable bonds is 6. The van der Waals surface area contributed by atoms with Crippen LogP contribution in [0.1, 0.15) is 34.9 Å². The molecule has 1 fully saturated rings. The number of hydrogen-bond donors (Lipinski definition) is 2. The number of ether oxygens (including phenoxy) is 1. The van der Waals surface area contributed by atoms with Crippen LogP contribution in [0.15, 0.2) is 52.1 Å². The molecular formula is C22H25N5O5. The Labute approximate surface area is 184 Å². The van der Waals surface area contributed by atoms with Crippen LogP contribution < -0.4 is 15.8 Å². The van der Waals surface area contributed by atoms with E-state index in [1.165, 1.54) is 24.1 Å². The van der Waals surface area contributed by atoms with E-state index in [4.69, 9.17) is 9.26 Å². The first-order valence-electron chi connectivity index (χ1n) is 10.3. The van der Waals surface area contributed by atoms with E-state index in [2.05, 4.69) is 15.5 Å². The zero-order chi connectivity index (χ0) is 22.7. The number of amides is 1. The normalized spacial score (nSPS) is 15.3. The van der Waals surface area contributed by atoms with Crippen molar-refractivity contribution in [2.24, 2.45) is 13.0 Å². The number of aromatic nitrogens is 3. The highest BCUT2D eigenvalue weighted by Gasteiger charge is 2.32. The van der Waals surface area contributed by atoms with Gasteiger partial charge in [-0.1, -0.05) is 35.5 Å². The molecule has 3 aromatic rings. The molecule has 1 saturated heterocycles. The van der Waals surface area contributed by atoms with E-state index in [-0.39, 0.29) is 29.3 Å². The number of benzene rings is 1. The van der Waals surface area contributed by atoms with Crippen LogP contribution in [0.2, 0.25) is 0 Å². The number of nitrogens with zero attached hydrogens (tertiary/aromatic N) is 4. The molecule has 1 amide bonds. The van der Waals surface area contributed by atoms with Gasteiger partial charge in [-0.25, -0.2) is 4.98 Å². The minimum atomic E-state index is -0.736. The Morgan fingerprint density at radius 2 is 2.00 bits per heavy atom. The highest BCUT2D eigenvalue weighted by atomic mass is 16.5. The fourth-order valence-corrected chi connectivity index (χ4v) is 4.13. The summed E-state index contributed by atoms with van der Waals surface area (Å²) in [4.78, 5) is 31.8. The van der Waals surface area contributed by atoms with Crippen molar-refractivity contribution >= 4 is 17.5 Å². The molecule has 1 unspecified atom stereocenters. The highest BCUT2D eigenvalue weighted by Crippen LogP contribution is 2.36. The maximum absolute atomic E-state index is 12.8. The Kier molecular flexibility index (Phi) is 6.22. The summed E-state index contributed by atoms with van der Waals surface area (Å²) < 4.78 is 11.5. The Hall–Kier alpha value is -3.66. The second-order valence-corrected chi connectivity index (χ2v) is 7.76. The predicted molar refractivity (Wildman–Crippen MR) is 117 cm³/mol. The molecule has 0 radical (unpaired) electrons. The Balaban J connectivity index is 1.75. The van der Waals surface area contributed by atoms with Gasteiger partial charge in [0.1, 0.15) is 12.0 Å². The molecule has 1 aliphatic rings. The Morgan fingerprint density at radius 3 is 2.66 bits per heavy atom. The van der Waals surface area contributed by atoms with Crippen molar-refractivity contribution in [2.45, 2.75) is 18.9 Å². The highest BCUT2D eigenvalue weighted by molar-refractivity contribution is 6.04. The van der Waals surface area contributed by atoms with Crippen LogP contribution in [0, 0.1) is 5.92 Å². The largest absolute Gasteiger partial charge is 0.501 e. The van der Waals surface area contributed by atoms with Crippen LogP contribution in [0.25, 0.3) is 0 Å². The van der Waals surface area contributed by atoms with Gasteiger partial charge in [0.15, 0.2) is 5.69 Å². The molecule has 4 rings (SSSR count). The zero-order valence-corrected chi connectivity index (χ0v) is 17.9. The van der Waals surface area contributed by atoms with Crippen molar-refractivity contribution in [1.82, 2.24) is 14.7 Å². The first-order chi connectivity index (χ1) is 15.5. The van der Waals surface area contributed by atoms with E-state index in [0.29, 0.717) is 13.2 Å². The number of carbonyl (C=O) groups excluding carboxylic acids is 1. The van der Waals surface area contributed by atoms with Gasteiger partial charge in [-0.2, -0.15) is 0 Å². The van der Waals surface area contributed by atoms with Crippen molar-refractivity contribution < 1.29 is 19.2 Å². The molecular weight excluding hydrogens is 414 g/mol. The molecule has 2 aromatic heterocycles. The van der Waals surface area contributed by atoms with Crippen LogP contribution in [0.5, 0.6) is 5.75 Å². The van der Waals surface area contributed by atoms with Crippen molar-refractivity contribution in [3.63, 3.8) is 0 Å². The van der Waals surface area contributed by atoms with Gasteiger partial charge in [0.25, 0.3) is 11.5 Å². The van der Waals surface area contributed by atoms with E-state index in [9.17, 15) is 14.7 Å². The lowest BCUT2D eigenvalue weighted by molar-refractivity contribution is 0.0576. The summed E-state index contributed by atoms with van der Waals surface area (Å²) in [5.74, 6) is -0.930. The molecule has 0 spiro atoms. The van der Waals surface area contributed by atoms with Gasteiger partial charge in [-0.05, 0) is 24.3 Å². The van der Waals surface area contributed by atoms with E-state index >= 15 is 0 Å². The fraction of sp³-hybridized carbons (Fsp3) is 0.364. The van der Waals surface area contributed by atoms with Crippen LogP contribution in [0.4, 0.5) is 11.6 Å². The van der Waals surface area contributed by atoms with E-state index in [1.54, 1.807) is 0 Å². The van der Waals surface area contributed by atoms with E-state index in [0.717, 1.165) is 18.4 Å². The third kappa shape index (κ3) is 4.22. The first kappa shape index (κ1) is 21.6. The van der Waals surface area contributed by atoms with E-state index < -0.39 is 17.2 Å². The maximum Gasteiger partial charge on any atom is 0.297 e. The van der Waals surface area contributed by atoms with Crippen molar-refractivity contribution in [3.05, 3.63) is 64.4 Å². The molecule has 0 bridgehead atoms. The molecule has 1 atom stereocenters. The average molecular weight is 439 g/mol. The predicted octanol–water partition coefficient (Wildman–Crippen LogP) is 2.33. The molecule has 32 heavy (non-hydrogen) atoms. The fourth-order valence-electron chi connectivity index (χ4n) is 4.13. The number of carbonyl (C=O) groups is 1. The molecule has 1 aliphatic heterocycles. The summed E-state index contributed by atoms with van der Waals surface area (Å²) in [5, 5.41) is 16.4. The van der Waals surface area contributed by atoms with Crippen molar-refractivity contribution in [2.75, 3.05) is 30.5 Å². The molecule has 10 nitrogen and oxygen atoms in total. The first-order valence-corrected chi connectivity index (χ1v) is 10.3. The maximum atomic E-state index is 12.8. The number of aromatic hydroxyl groups is 1. The van der Waals surface area contributed by atoms with Gasteiger partial charge in [-0.3, -0.25) is 14.2 Å². The third-order valence-electron chi connectivity index (χ3n) is 5.73. The average Bonchev–Trinajstić information content (AvgIpc) is 3.32. The smallest absolute Gasteiger partial charge is 0.297 e. The third-order valence-corrected chi connectivity index (χ3v) is 5.73. The molecule has 10 heteroatoms. The molecule has 2 N–H and O–H groups in total. The van der Waals surface area contributed by atoms with Crippen LogP contribution >= 0.6 is 0 Å². The lowest BCUT2D eigenvalue weighted by Gasteiger charge is -2.38. The van der Waals surface area contributed by atoms with Gasteiger partial charge >= 0.3 is 0 Å². The van der Waals surface area contributed by atoms with Gasteiger partial charge < -0.3 is 24.6 Å². The lowest BCUT2D eigenvalue weighted by Crippen LogP contribution is -2.38. The summed E-state index contributed by atoms with van der Waals surface area (Å²) in [6.45, 7) is 1.33. The minimum Gasteiger partial charge on any atom is -0.501 e. The van der Waals surface area contributed by atoms with Gasteiger partial charge in [0, 0.05) is 27.3 Å². The minimum absolute atomic E-state index is 0.100. The number of nitrogens with one attached hydrogen (secondary N) is 1. The summed E-state index contributed by atoms with van der Waals surface area (Å²) in [6, 6.07) is 9.86. The summed E-state index contributed by atoms with van der Waals surface area (Å²) >= 11 is 0. The number of hydrogen-bond acceptors (Lipinski definition) is 8. The number of anilines is 2. The van der Waals surface area contributed by atoms with Gasteiger partial charge in [0.2, 0.25) is 11.7 Å². The molecule has 3 heterocycles. The topological polar surface area (TPSA) is 123 Å². The summed E-state index contributed by atoms with van der Waals surface area (Å²) in [5.41, 5.74) is 0.280. The van der Waals surface area contributed by atoms with Gasteiger partial charge in [0.05, 0.1) is 12.2 Å². The van der Waals surface area contributed by atoms with Crippen LogP contribution in [-0.4, -0.2) is 46.0 Å². The molecule has 0 aliphatic carbocycles. The standard InChI is InChI=1S/C22H25N5O5/c1-26(18(14-6-4-3-5-7-14)15-8-10-31-11-9-15)22-25-17(19(28)21(30)27(22)2)20(29)24-16-12-23-32-13-16/h3-7,12-13,15,18,28H,8-11H2,1-2H3,(H,24,29). The SMILES string of the molecule is CN(c1nc(C(=O)Nc2cnoc2)c(O)c(=O)n1C)C(c1ccccc1)C1CCOCC1. The zero-order valence-electron chi connectivity index (χ0n) is 17.9. The molecule has 168 valence electrons. The van der Waals surface area contributed by atoms with Crippen molar-refractivity contribution in [1.29, 1.82) is 0 Å². The van der Waals surface area contributed by atoms with Crippen LogP contribution in [0.3, 0.4) is 0 Å². The summed E-state index contributed by atoms with van der Waals surface area (Å²) in [6.07, 6.45) is 4.26. The summed E-state index contributed by atoms with van der Waals surface area (Å²) in [7, 11) is 3.36. The Bertz CT molecular complexity index is 1120. The van der Waals surface area contributed by atoms with Gasteiger partial charge in [-0.15, -0.1) is 0 Å². The quantitative estimate of drug-likeness (QED) is 0.600. The van der Waals surface area contributed by atoms with Crippen molar-refractivity contribution in [3.8, 4) is 5.75 Å². The second kappa shape index (κ2) is 9.23. The van der Waals surface area contributed by atoms with E-state index in [1.807, 2.05) is 42.3 Å². The molecule has 0 saturated carbocycles. The van der Waals surface area contributed by atoms with Crippen LogP contribution in [-0.2, 0) is 11.8 Å². The lowest BCUT2D eigenvalue weighted by atomic mass is 9.86. The molecule has 1 aromatic carbocycles.